The number of likely N-dealkylation sites (tertiary alicyclic amines) is 1. The monoisotopic (exact) mass is 412 g/mol. The third-order valence-corrected chi connectivity index (χ3v) is 7.91. The lowest BCUT2D eigenvalue weighted by molar-refractivity contribution is 0.135. The SMILES string of the molecule is CCN(CC)S(=O)(=O)N[C@H]1C[C@@H]2c3cccc4[nH]cc(c34)C[C@H]2N(C)C1.Cl. The summed E-state index contributed by atoms with van der Waals surface area (Å²) in [6, 6.07) is 6.80. The number of halogens is 1. The predicted molar refractivity (Wildman–Crippen MR) is 112 cm³/mol. The first-order chi connectivity index (χ1) is 12.4. The van der Waals surface area contributed by atoms with E-state index in [-0.39, 0.29) is 18.4 Å². The fraction of sp³-hybridized carbons (Fsp3) is 0.579. The van der Waals surface area contributed by atoms with E-state index in [9.17, 15) is 8.42 Å². The van der Waals surface area contributed by atoms with Gasteiger partial charge in [-0.2, -0.15) is 17.4 Å². The normalized spacial score (nSPS) is 25.4. The molecule has 3 atom stereocenters. The van der Waals surface area contributed by atoms with Gasteiger partial charge in [-0.05, 0) is 37.1 Å². The Balaban J connectivity index is 0.00000210. The Morgan fingerprint density at radius 3 is 2.74 bits per heavy atom. The van der Waals surface area contributed by atoms with Gasteiger partial charge in [0.1, 0.15) is 0 Å². The van der Waals surface area contributed by atoms with E-state index in [0.29, 0.717) is 25.0 Å². The minimum atomic E-state index is -3.43. The van der Waals surface area contributed by atoms with Gasteiger partial charge >= 0.3 is 0 Å². The summed E-state index contributed by atoms with van der Waals surface area (Å²) in [7, 11) is -1.32. The molecule has 0 saturated carbocycles. The zero-order valence-electron chi connectivity index (χ0n) is 16.1. The van der Waals surface area contributed by atoms with Crippen LogP contribution in [0.5, 0.6) is 0 Å². The van der Waals surface area contributed by atoms with Crippen LogP contribution >= 0.6 is 12.4 Å². The maximum Gasteiger partial charge on any atom is 0.279 e. The molecule has 0 radical (unpaired) electrons. The second kappa shape index (κ2) is 7.72. The van der Waals surface area contributed by atoms with Crippen LogP contribution in [0.15, 0.2) is 24.4 Å². The number of benzene rings is 1. The molecular formula is C19H29ClN4O2S. The number of likely N-dealkylation sites (N-methyl/N-ethyl adjacent to an activating group) is 1. The van der Waals surface area contributed by atoms with E-state index in [1.165, 1.54) is 26.3 Å². The van der Waals surface area contributed by atoms with Crippen LogP contribution in [0, 0.1) is 0 Å². The fourth-order valence-electron chi connectivity index (χ4n) is 4.88. The van der Waals surface area contributed by atoms with E-state index in [0.717, 1.165) is 19.4 Å². The molecule has 0 amide bonds. The van der Waals surface area contributed by atoms with Crippen LogP contribution in [-0.4, -0.2) is 61.4 Å². The van der Waals surface area contributed by atoms with Gasteiger partial charge in [-0.3, -0.25) is 0 Å². The summed E-state index contributed by atoms with van der Waals surface area (Å²) in [6.07, 6.45) is 4.00. The molecule has 8 heteroatoms. The highest BCUT2D eigenvalue weighted by Gasteiger charge is 2.40. The van der Waals surface area contributed by atoms with Gasteiger partial charge in [-0.1, -0.05) is 26.0 Å². The van der Waals surface area contributed by atoms with Crippen molar-refractivity contribution in [1.29, 1.82) is 0 Å². The number of rotatable bonds is 5. The van der Waals surface area contributed by atoms with Gasteiger partial charge in [-0.25, -0.2) is 0 Å². The van der Waals surface area contributed by atoms with Crippen molar-refractivity contribution in [2.75, 3.05) is 26.7 Å². The standard InChI is InChI=1S/C19H28N4O2S.ClH/c1-4-23(5-2)26(24,25)21-14-10-16-15-7-6-8-17-19(15)13(11-20-17)9-18(16)22(3)12-14;/h6-8,11,14,16,18,20-21H,4-5,9-10,12H2,1-3H3;1H/t14-,16+,18+;/m0./s1. The number of piperidine rings is 1. The maximum atomic E-state index is 12.7. The fourth-order valence-corrected chi connectivity index (χ4v) is 6.30. The Kier molecular flexibility index (Phi) is 5.89. The molecule has 1 aromatic carbocycles. The van der Waals surface area contributed by atoms with Crippen LogP contribution in [0.4, 0.5) is 0 Å². The Hall–Kier alpha value is -1.12. The van der Waals surface area contributed by atoms with Gasteiger partial charge in [0.15, 0.2) is 0 Å². The minimum absolute atomic E-state index is 0. The number of nitrogens with zero attached hydrogens (tertiary/aromatic N) is 2. The Morgan fingerprint density at radius 1 is 1.30 bits per heavy atom. The molecule has 2 N–H and O–H groups in total. The quantitative estimate of drug-likeness (QED) is 0.792. The molecule has 0 spiro atoms. The van der Waals surface area contributed by atoms with Crippen molar-refractivity contribution in [3.63, 3.8) is 0 Å². The number of H-pyrrole nitrogens is 1. The molecule has 1 aliphatic carbocycles. The third kappa shape index (κ3) is 3.51. The predicted octanol–water partition coefficient (Wildman–Crippen LogP) is 2.48. The third-order valence-electron chi connectivity index (χ3n) is 6.09. The molecule has 1 aromatic heterocycles. The Bertz CT molecular complexity index is 910. The second-order valence-electron chi connectivity index (χ2n) is 7.54. The van der Waals surface area contributed by atoms with E-state index < -0.39 is 10.2 Å². The molecule has 0 bridgehead atoms. The summed E-state index contributed by atoms with van der Waals surface area (Å²) in [5, 5.41) is 1.34. The lowest BCUT2D eigenvalue weighted by Crippen LogP contribution is -2.56. The van der Waals surface area contributed by atoms with Crippen molar-refractivity contribution < 1.29 is 8.42 Å². The van der Waals surface area contributed by atoms with Crippen molar-refractivity contribution in [1.82, 2.24) is 18.9 Å². The van der Waals surface area contributed by atoms with Crippen LogP contribution < -0.4 is 4.72 Å². The molecule has 2 aliphatic rings. The first kappa shape index (κ1) is 20.6. The molecule has 1 aliphatic heterocycles. The molecule has 6 nitrogen and oxygen atoms in total. The lowest BCUT2D eigenvalue weighted by Gasteiger charge is -2.45. The smallest absolute Gasteiger partial charge is 0.279 e. The van der Waals surface area contributed by atoms with E-state index >= 15 is 0 Å². The molecule has 1 saturated heterocycles. The van der Waals surface area contributed by atoms with E-state index in [4.69, 9.17) is 0 Å². The van der Waals surface area contributed by atoms with E-state index in [1.54, 1.807) is 0 Å². The second-order valence-corrected chi connectivity index (χ2v) is 9.24. The van der Waals surface area contributed by atoms with Crippen molar-refractivity contribution in [3.8, 4) is 0 Å². The highest BCUT2D eigenvalue weighted by atomic mass is 35.5. The van der Waals surface area contributed by atoms with Gasteiger partial charge in [0.2, 0.25) is 0 Å². The maximum absolute atomic E-state index is 12.7. The van der Waals surface area contributed by atoms with Gasteiger partial charge in [-0.15, -0.1) is 12.4 Å². The molecule has 0 unspecified atom stereocenters. The Labute approximate surface area is 167 Å². The summed E-state index contributed by atoms with van der Waals surface area (Å²) in [5.41, 5.74) is 3.92. The van der Waals surface area contributed by atoms with Crippen molar-refractivity contribution in [2.24, 2.45) is 0 Å². The minimum Gasteiger partial charge on any atom is -0.361 e. The van der Waals surface area contributed by atoms with Gasteiger partial charge < -0.3 is 9.88 Å². The van der Waals surface area contributed by atoms with Gasteiger partial charge in [0.05, 0.1) is 0 Å². The zero-order valence-corrected chi connectivity index (χ0v) is 17.7. The number of nitrogens with one attached hydrogen (secondary N) is 2. The average molecular weight is 413 g/mol. The number of hydrogen-bond donors (Lipinski definition) is 2. The molecule has 27 heavy (non-hydrogen) atoms. The first-order valence-corrected chi connectivity index (χ1v) is 10.9. The molecule has 2 aromatic rings. The largest absolute Gasteiger partial charge is 0.361 e. The van der Waals surface area contributed by atoms with E-state index in [1.807, 2.05) is 13.8 Å². The molecular weight excluding hydrogens is 384 g/mol. The summed E-state index contributed by atoms with van der Waals surface area (Å²) in [4.78, 5) is 5.72. The number of hydrogen-bond acceptors (Lipinski definition) is 3. The van der Waals surface area contributed by atoms with Crippen LogP contribution in [0.2, 0.25) is 0 Å². The topological polar surface area (TPSA) is 68.4 Å². The van der Waals surface area contributed by atoms with Crippen LogP contribution in [0.25, 0.3) is 10.9 Å². The number of fused-ring (bicyclic) bond motifs is 2. The summed E-state index contributed by atoms with van der Waals surface area (Å²) >= 11 is 0. The van der Waals surface area contributed by atoms with Gasteiger partial charge in [0.25, 0.3) is 10.2 Å². The van der Waals surface area contributed by atoms with Gasteiger partial charge in [0, 0.05) is 54.7 Å². The van der Waals surface area contributed by atoms with Crippen LogP contribution in [0.1, 0.15) is 37.3 Å². The Morgan fingerprint density at radius 2 is 2.04 bits per heavy atom. The van der Waals surface area contributed by atoms with Crippen LogP contribution in [-0.2, 0) is 16.6 Å². The van der Waals surface area contributed by atoms with Crippen molar-refractivity contribution >= 4 is 33.5 Å². The highest BCUT2D eigenvalue weighted by Crippen LogP contribution is 2.43. The molecule has 4 rings (SSSR count). The summed E-state index contributed by atoms with van der Waals surface area (Å²) in [6.45, 7) is 5.48. The molecule has 1 fully saturated rings. The zero-order chi connectivity index (χ0) is 18.5. The van der Waals surface area contributed by atoms with E-state index in [2.05, 4.69) is 46.0 Å². The lowest BCUT2D eigenvalue weighted by atomic mass is 9.74. The molecule has 150 valence electrons. The number of aromatic amines is 1. The van der Waals surface area contributed by atoms with Crippen molar-refractivity contribution in [2.45, 2.75) is 44.7 Å². The first-order valence-electron chi connectivity index (χ1n) is 9.51. The summed E-state index contributed by atoms with van der Waals surface area (Å²) < 4.78 is 29.8. The van der Waals surface area contributed by atoms with Crippen molar-refractivity contribution in [3.05, 3.63) is 35.5 Å². The number of aromatic nitrogens is 1. The molecule has 2 heterocycles. The summed E-state index contributed by atoms with van der Waals surface area (Å²) in [5.74, 6) is 0.352. The average Bonchev–Trinajstić information content (AvgIpc) is 3.01. The highest BCUT2D eigenvalue weighted by molar-refractivity contribution is 7.87. The van der Waals surface area contributed by atoms with Crippen LogP contribution in [0.3, 0.4) is 0 Å².